The molecule has 0 aromatic heterocycles. The predicted molar refractivity (Wildman–Crippen MR) is 55.2 cm³/mol. The standard InChI is InChI=1S/C11H13N3O/c1-11(2)8-15-10(14(11)3)5-4-9(6-12)7-13/h4-5H,8H2,1-3H3. The summed E-state index contributed by atoms with van der Waals surface area (Å²) in [5.41, 5.74) is 0.0308. The van der Waals surface area contributed by atoms with Gasteiger partial charge in [0.05, 0.1) is 5.54 Å². The lowest BCUT2D eigenvalue weighted by atomic mass is 10.1. The lowest BCUT2D eigenvalue weighted by molar-refractivity contribution is 0.236. The van der Waals surface area contributed by atoms with Gasteiger partial charge in [0, 0.05) is 13.1 Å². The zero-order chi connectivity index (χ0) is 11.5. The van der Waals surface area contributed by atoms with Crippen LogP contribution in [0.2, 0.25) is 0 Å². The van der Waals surface area contributed by atoms with E-state index in [-0.39, 0.29) is 11.1 Å². The molecule has 0 radical (unpaired) electrons. The highest BCUT2D eigenvalue weighted by molar-refractivity contribution is 5.38. The Balaban J connectivity index is 2.86. The minimum absolute atomic E-state index is 0.0425. The Hall–Kier alpha value is -1.94. The molecule has 1 aliphatic rings. The molecule has 0 aliphatic carbocycles. The van der Waals surface area contributed by atoms with Crippen LogP contribution in [0.4, 0.5) is 0 Å². The zero-order valence-electron chi connectivity index (χ0n) is 9.11. The van der Waals surface area contributed by atoms with Gasteiger partial charge in [0.15, 0.2) is 5.88 Å². The van der Waals surface area contributed by atoms with Crippen LogP contribution < -0.4 is 0 Å². The summed E-state index contributed by atoms with van der Waals surface area (Å²) in [4.78, 5) is 1.98. The minimum atomic E-state index is -0.0425. The average molecular weight is 203 g/mol. The van der Waals surface area contributed by atoms with Gasteiger partial charge in [0.25, 0.3) is 0 Å². The lowest BCUT2D eigenvalue weighted by Crippen LogP contribution is -2.36. The van der Waals surface area contributed by atoms with E-state index in [2.05, 4.69) is 13.8 Å². The highest BCUT2D eigenvalue weighted by Crippen LogP contribution is 2.27. The molecule has 0 N–H and O–H groups in total. The number of nitrogens with zero attached hydrogens (tertiary/aromatic N) is 3. The number of hydrogen-bond acceptors (Lipinski definition) is 4. The summed E-state index contributed by atoms with van der Waals surface area (Å²) in [7, 11) is 1.92. The molecule has 0 aromatic rings. The van der Waals surface area contributed by atoms with Crippen LogP contribution in [0.1, 0.15) is 13.8 Å². The Labute approximate surface area is 89.7 Å². The van der Waals surface area contributed by atoms with E-state index < -0.39 is 0 Å². The molecular weight excluding hydrogens is 190 g/mol. The average Bonchev–Trinajstić information content (AvgIpc) is 2.46. The van der Waals surface area contributed by atoms with Gasteiger partial charge in [0.1, 0.15) is 24.3 Å². The van der Waals surface area contributed by atoms with E-state index in [0.29, 0.717) is 12.5 Å². The quantitative estimate of drug-likeness (QED) is 0.606. The van der Waals surface area contributed by atoms with Crippen molar-refractivity contribution in [2.24, 2.45) is 0 Å². The molecule has 0 unspecified atom stereocenters. The predicted octanol–water partition coefficient (Wildman–Crippen LogP) is 1.54. The fraction of sp³-hybridized carbons (Fsp3) is 0.455. The Bertz CT molecular complexity index is 377. The van der Waals surface area contributed by atoms with Crippen LogP contribution in [0.5, 0.6) is 0 Å². The van der Waals surface area contributed by atoms with Crippen LogP contribution in [-0.2, 0) is 4.74 Å². The van der Waals surface area contributed by atoms with E-state index in [1.165, 1.54) is 6.08 Å². The third-order valence-corrected chi connectivity index (χ3v) is 2.45. The number of allylic oxidation sites excluding steroid dienone is 3. The molecule has 4 heteroatoms. The van der Waals surface area contributed by atoms with Crippen LogP contribution in [0.15, 0.2) is 23.6 Å². The van der Waals surface area contributed by atoms with Crippen molar-refractivity contribution in [2.75, 3.05) is 13.7 Å². The normalized spacial score (nSPS) is 20.3. The highest BCUT2D eigenvalue weighted by Gasteiger charge is 2.33. The van der Waals surface area contributed by atoms with Crippen molar-refractivity contribution in [2.45, 2.75) is 19.4 Å². The molecule has 0 amide bonds. The van der Waals surface area contributed by atoms with Gasteiger partial charge in [-0.1, -0.05) is 0 Å². The van der Waals surface area contributed by atoms with Gasteiger partial charge in [-0.3, -0.25) is 0 Å². The van der Waals surface area contributed by atoms with Gasteiger partial charge in [-0.2, -0.15) is 10.5 Å². The van der Waals surface area contributed by atoms with Gasteiger partial charge in [-0.25, -0.2) is 0 Å². The summed E-state index contributed by atoms with van der Waals surface area (Å²) in [6.07, 6.45) is 3.11. The Morgan fingerprint density at radius 3 is 2.47 bits per heavy atom. The van der Waals surface area contributed by atoms with Crippen LogP contribution in [0.25, 0.3) is 0 Å². The van der Waals surface area contributed by atoms with E-state index in [4.69, 9.17) is 15.3 Å². The maximum atomic E-state index is 8.54. The van der Waals surface area contributed by atoms with E-state index in [9.17, 15) is 0 Å². The molecule has 0 aromatic carbocycles. The third kappa shape index (κ3) is 2.30. The maximum absolute atomic E-state index is 8.54. The van der Waals surface area contributed by atoms with Crippen molar-refractivity contribution >= 4 is 0 Å². The van der Waals surface area contributed by atoms with Crippen LogP contribution >= 0.6 is 0 Å². The highest BCUT2D eigenvalue weighted by atomic mass is 16.5. The van der Waals surface area contributed by atoms with Gasteiger partial charge in [-0.15, -0.1) is 0 Å². The third-order valence-electron chi connectivity index (χ3n) is 2.45. The van der Waals surface area contributed by atoms with Gasteiger partial charge < -0.3 is 9.64 Å². The molecule has 1 fully saturated rings. The molecule has 0 atom stereocenters. The van der Waals surface area contributed by atoms with Crippen molar-refractivity contribution in [3.8, 4) is 12.1 Å². The fourth-order valence-corrected chi connectivity index (χ4v) is 1.16. The summed E-state index contributed by atoms with van der Waals surface area (Å²) in [6, 6.07) is 3.59. The van der Waals surface area contributed by atoms with Crippen molar-refractivity contribution in [3.63, 3.8) is 0 Å². The zero-order valence-corrected chi connectivity index (χ0v) is 9.11. The number of rotatable bonds is 1. The van der Waals surface area contributed by atoms with Crippen LogP contribution in [0, 0.1) is 22.7 Å². The smallest absolute Gasteiger partial charge is 0.189 e. The summed E-state index contributed by atoms with van der Waals surface area (Å²) in [5.74, 6) is 0.683. The summed E-state index contributed by atoms with van der Waals surface area (Å²) < 4.78 is 5.44. The van der Waals surface area contributed by atoms with E-state index in [0.717, 1.165) is 0 Å². The minimum Gasteiger partial charge on any atom is -0.477 e. The first-order valence-electron chi connectivity index (χ1n) is 4.60. The Morgan fingerprint density at radius 1 is 1.47 bits per heavy atom. The van der Waals surface area contributed by atoms with Gasteiger partial charge >= 0.3 is 0 Å². The van der Waals surface area contributed by atoms with Crippen LogP contribution in [-0.4, -0.2) is 24.1 Å². The van der Waals surface area contributed by atoms with Crippen molar-refractivity contribution in [1.82, 2.24) is 4.90 Å². The van der Waals surface area contributed by atoms with Crippen molar-refractivity contribution < 1.29 is 4.74 Å². The molecule has 1 aliphatic heterocycles. The Kier molecular flexibility index (Phi) is 3.01. The molecule has 1 heterocycles. The van der Waals surface area contributed by atoms with Gasteiger partial charge in [0.2, 0.25) is 0 Å². The molecular formula is C11H13N3O. The Morgan fingerprint density at radius 2 is 2.07 bits per heavy atom. The summed E-state index contributed by atoms with van der Waals surface area (Å²) >= 11 is 0. The number of nitriles is 2. The van der Waals surface area contributed by atoms with Gasteiger partial charge in [-0.05, 0) is 19.9 Å². The second kappa shape index (κ2) is 4.06. The molecule has 0 saturated carbocycles. The molecule has 1 rings (SSSR count). The van der Waals surface area contributed by atoms with E-state index in [1.54, 1.807) is 18.2 Å². The second-order valence-electron chi connectivity index (χ2n) is 3.97. The largest absolute Gasteiger partial charge is 0.477 e. The number of ether oxygens (including phenoxy) is 1. The lowest BCUT2D eigenvalue weighted by Gasteiger charge is -2.25. The summed E-state index contributed by atoms with van der Waals surface area (Å²) in [5, 5.41) is 17.1. The first-order chi connectivity index (χ1) is 7.01. The molecule has 0 spiro atoms. The molecule has 0 bridgehead atoms. The summed E-state index contributed by atoms with van der Waals surface area (Å²) in [6.45, 7) is 4.73. The SMILES string of the molecule is CN1C(=CC=C(C#N)C#N)OCC1(C)C. The van der Waals surface area contributed by atoms with E-state index in [1.807, 2.05) is 11.9 Å². The van der Waals surface area contributed by atoms with E-state index >= 15 is 0 Å². The molecule has 78 valence electrons. The van der Waals surface area contributed by atoms with Crippen molar-refractivity contribution in [3.05, 3.63) is 23.6 Å². The molecule has 15 heavy (non-hydrogen) atoms. The topological polar surface area (TPSA) is 60.0 Å². The second-order valence-corrected chi connectivity index (χ2v) is 3.97. The van der Waals surface area contributed by atoms with Crippen LogP contribution in [0.3, 0.4) is 0 Å². The number of hydrogen-bond donors (Lipinski definition) is 0. The molecule has 1 saturated heterocycles. The first-order valence-corrected chi connectivity index (χ1v) is 4.60. The first kappa shape index (κ1) is 11.1. The monoisotopic (exact) mass is 203 g/mol. The maximum Gasteiger partial charge on any atom is 0.189 e. The molecule has 4 nitrogen and oxygen atoms in total. The van der Waals surface area contributed by atoms with Crippen molar-refractivity contribution in [1.29, 1.82) is 10.5 Å². The number of likely N-dealkylation sites (N-methyl/N-ethyl adjacent to an activating group) is 1. The fourth-order valence-electron chi connectivity index (χ4n) is 1.16.